The summed E-state index contributed by atoms with van der Waals surface area (Å²) in [5.41, 5.74) is 1.08. The van der Waals surface area contributed by atoms with Gasteiger partial charge in [0.15, 0.2) is 0 Å². The van der Waals surface area contributed by atoms with Crippen LogP contribution in [-0.4, -0.2) is 41.6 Å². The van der Waals surface area contributed by atoms with E-state index in [4.69, 9.17) is 4.74 Å². The van der Waals surface area contributed by atoms with Gasteiger partial charge in [-0.05, 0) is 37.5 Å². The maximum Gasteiger partial charge on any atom is 0.308 e. The monoisotopic (exact) mass is 291 g/mol. The first kappa shape index (κ1) is 15.4. The molecule has 0 saturated carbocycles. The molecule has 2 unspecified atom stereocenters. The maximum atomic E-state index is 12.0. The molecule has 0 aromatic heterocycles. The molecule has 1 aliphatic rings. The number of likely N-dealkylation sites (tertiary alicyclic amines) is 1. The summed E-state index contributed by atoms with van der Waals surface area (Å²) in [7, 11) is 1.62. The predicted molar refractivity (Wildman–Crippen MR) is 78.2 cm³/mol. The summed E-state index contributed by atoms with van der Waals surface area (Å²) in [6, 6.07) is 7.45. The van der Waals surface area contributed by atoms with Crippen molar-refractivity contribution in [2.75, 3.05) is 13.7 Å². The lowest BCUT2D eigenvalue weighted by atomic mass is 9.89. The molecule has 21 heavy (non-hydrogen) atoms. The van der Waals surface area contributed by atoms with E-state index in [1.165, 1.54) is 0 Å². The topological polar surface area (TPSA) is 66.8 Å². The molecule has 2 rings (SSSR count). The molecule has 1 amide bonds. The number of carbonyl (C=O) groups is 2. The van der Waals surface area contributed by atoms with Gasteiger partial charge in [0.05, 0.1) is 13.0 Å². The molecule has 114 valence electrons. The molecule has 0 radical (unpaired) electrons. The van der Waals surface area contributed by atoms with Crippen LogP contribution in [0.4, 0.5) is 0 Å². The Morgan fingerprint density at radius 2 is 2.24 bits per heavy atom. The van der Waals surface area contributed by atoms with Crippen molar-refractivity contribution < 1.29 is 19.4 Å². The van der Waals surface area contributed by atoms with Gasteiger partial charge in [-0.2, -0.15) is 0 Å². The molecule has 1 aromatic carbocycles. The van der Waals surface area contributed by atoms with Gasteiger partial charge in [-0.3, -0.25) is 9.59 Å². The number of benzene rings is 1. The minimum absolute atomic E-state index is 0.0443. The number of hydrogen-bond acceptors (Lipinski definition) is 3. The summed E-state index contributed by atoms with van der Waals surface area (Å²) < 4.78 is 5.18. The Hall–Kier alpha value is -2.04. The van der Waals surface area contributed by atoms with E-state index < -0.39 is 11.9 Å². The summed E-state index contributed by atoms with van der Waals surface area (Å²) in [5.74, 6) is -0.453. The van der Waals surface area contributed by atoms with Crippen molar-refractivity contribution in [3.63, 3.8) is 0 Å². The third-order valence-electron chi connectivity index (χ3n) is 4.16. The van der Waals surface area contributed by atoms with E-state index in [-0.39, 0.29) is 11.9 Å². The van der Waals surface area contributed by atoms with Gasteiger partial charge in [-0.15, -0.1) is 0 Å². The van der Waals surface area contributed by atoms with Crippen molar-refractivity contribution in [2.24, 2.45) is 5.92 Å². The number of methoxy groups -OCH3 is 1. The minimum atomic E-state index is -0.818. The molecule has 5 heteroatoms. The Bertz CT molecular complexity index is 529. The van der Waals surface area contributed by atoms with Crippen molar-refractivity contribution in [2.45, 2.75) is 32.2 Å². The maximum absolute atomic E-state index is 12.0. The quantitative estimate of drug-likeness (QED) is 0.900. The van der Waals surface area contributed by atoms with Crippen molar-refractivity contribution in [1.29, 1.82) is 0 Å². The van der Waals surface area contributed by atoms with E-state index in [0.717, 1.165) is 11.3 Å². The van der Waals surface area contributed by atoms with Crippen LogP contribution in [0, 0.1) is 5.92 Å². The summed E-state index contributed by atoms with van der Waals surface area (Å²) in [6.45, 7) is 2.36. The van der Waals surface area contributed by atoms with Crippen LogP contribution in [0.5, 0.6) is 5.75 Å². The predicted octanol–water partition coefficient (Wildman–Crippen LogP) is 1.95. The number of ether oxygens (including phenoxy) is 1. The number of aliphatic carboxylic acids is 1. The van der Waals surface area contributed by atoms with Crippen molar-refractivity contribution in [3.8, 4) is 5.75 Å². The Kier molecular flexibility index (Phi) is 4.83. The number of hydrogen-bond donors (Lipinski definition) is 1. The van der Waals surface area contributed by atoms with Crippen LogP contribution in [0.15, 0.2) is 24.3 Å². The minimum Gasteiger partial charge on any atom is -0.497 e. The zero-order valence-electron chi connectivity index (χ0n) is 12.4. The van der Waals surface area contributed by atoms with Crippen LogP contribution < -0.4 is 4.74 Å². The van der Waals surface area contributed by atoms with Gasteiger partial charge in [0, 0.05) is 19.0 Å². The fraction of sp³-hybridized carbons (Fsp3) is 0.500. The Morgan fingerprint density at radius 1 is 1.48 bits per heavy atom. The first-order chi connectivity index (χ1) is 10.0. The number of carboxylic acids is 1. The molecular weight excluding hydrogens is 270 g/mol. The van der Waals surface area contributed by atoms with Crippen LogP contribution >= 0.6 is 0 Å². The Labute approximate surface area is 124 Å². The number of rotatable bonds is 5. The number of nitrogens with zero attached hydrogens (tertiary/aromatic N) is 1. The zero-order valence-corrected chi connectivity index (χ0v) is 12.4. The fourth-order valence-corrected chi connectivity index (χ4v) is 2.84. The zero-order chi connectivity index (χ0) is 15.4. The summed E-state index contributed by atoms with van der Waals surface area (Å²) >= 11 is 0. The smallest absolute Gasteiger partial charge is 0.308 e. The van der Waals surface area contributed by atoms with Crippen molar-refractivity contribution in [3.05, 3.63) is 29.8 Å². The molecule has 5 nitrogen and oxygen atoms in total. The van der Waals surface area contributed by atoms with E-state index in [1.54, 1.807) is 12.0 Å². The van der Waals surface area contributed by atoms with Crippen molar-refractivity contribution in [1.82, 2.24) is 4.90 Å². The molecule has 0 spiro atoms. The second-order valence-electron chi connectivity index (χ2n) is 5.41. The molecule has 0 aliphatic carbocycles. The highest BCUT2D eigenvalue weighted by Gasteiger charge is 2.36. The Morgan fingerprint density at radius 3 is 2.90 bits per heavy atom. The number of amides is 1. The fourth-order valence-electron chi connectivity index (χ4n) is 2.84. The molecule has 1 aromatic rings. The number of piperidine rings is 1. The molecule has 1 fully saturated rings. The first-order valence-electron chi connectivity index (χ1n) is 7.18. The van der Waals surface area contributed by atoms with Crippen LogP contribution in [-0.2, 0) is 16.0 Å². The molecule has 1 saturated heterocycles. The molecule has 0 bridgehead atoms. The first-order valence-corrected chi connectivity index (χ1v) is 7.18. The molecule has 1 aliphatic heterocycles. The third-order valence-corrected chi connectivity index (χ3v) is 4.16. The lowest BCUT2D eigenvalue weighted by molar-refractivity contribution is -0.150. The molecule has 2 atom stereocenters. The van der Waals surface area contributed by atoms with E-state index in [9.17, 15) is 14.7 Å². The molecular formula is C16H21NO4. The highest BCUT2D eigenvalue weighted by molar-refractivity contribution is 5.81. The van der Waals surface area contributed by atoms with Gasteiger partial charge in [0.25, 0.3) is 0 Å². The van der Waals surface area contributed by atoms with E-state index in [0.29, 0.717) is 25.8 Å². The Balaban J connectivity index is 2.02. The highest BCUT2D eigenvalue weighted by atomic mass is 16.5. The standard InChI is InChI=1S/C16H21NO4/c1-11-14(16(19)20)6-7-15(18)17(11)9-8-12-4-3-5-13(10-12)21-2/h3-5,10-11,14H,6-9H2,1-2H3,(H,19,20). The normalized spacial score (nSPS) is 22.2. The van der Waals surface area contributed by atoms with Crippen molar-refractivity contribution >= 4 is 11.9 Å². The van der Waals surface area contributed by atoms with Gasteiger partial charge < -0.3 is 14.7 Å². The lowest BCUT2D eigenvalue weighted by Crippen LogP contribution is -2.50. The van der Waals surface area contributed by atoms with Crippen LogP contribution in [0.2, 0.25) is 0 Å². The molecule has 1 heterocycles. The van der Waals surface area contributed by atoms with Gasteiger partial charge >= 0.3 is 5.97 Å². The third kappa shape index (κ3) is 3.54. The van der Waals surface area contributed by atoms with Crippen LogP contribution in [0.3, 0.4) is 0 Å². The average molecular weight is 291 g/mol. The van der Waals surface area contributed by atoms with E-state index in [2.05, 4.69) is 0 Å². The van der Waals surface area contributed by atoms with Crippen LogP contribution in [0.25, 0.3) is 0 Å². The van der Waals surface area contributed by atoms with E-state index >= 15 is 0 Å². The average Bonchev–Trinajstić information content (AvgIpc) is 2.47. The lowest BCUT2D eigenvalue weighted by Gasteiger charge is -2.37. The van der Waals surface area contributed by atoms with Gasteiger partial charge in [-0.25, -0.2) is 0 Å². The largest absolute Gasteiger partial charge is 0.497 e. The van der Waals surface area contributed by atoms with Gasteiger partial charge in [0.1, 0.15) is 5.75 Å². The van der Waals surface area contributed by atoms with Gasteiger partial charge in [-0.1, -0.05) is 12.1 Å². The molecule has 1 N–H and O–H groups in total. The van der Waals surface area contributed by atoms with E-state index in [1.807, 2.05) is 31.2 Å². The SMILES string of the molecule is COc1cccc(CCN2C(=O)CCC(C(=O)O)C2C)c1. The summed E-state index contributed by atoms with van der Waals surface area (Å²) in [6.07, 6.45) is 1.45. The number of carboxylic acid groups (broad SMARTS) is 1. The second kappa shape index (κ2) is 6.61. The summed E-state index contributed by atoms with van der Waals surface area (Å²) in [4.78, 5) is 24.9. The summed E-state index contributed by atoms with van der Waals surface area (Å²) in [5, 5.41) is 9.21. The van der Waals surface area contributed by atoms with Crippen LogP contribution in [0.1, 0.15) is 25.3 Å². The second-order valence-corrected chi connectivity index (χ2v) is 5.41. The number of carbonyl (C=O) groups excluding carboxylic acids is 1. The highest BCUT2D eigenvalue weighted by Crippen LogP contribution is 2.25. The van der Waals surface area contributed by atoms with Gasteiger partial charge in [0.2, 0.25) is 5.91 Å².